The number of carbonyl (C=O) groups excluding carboxylic acids is 2. The van der Waals surface area contributed by atoms with Gasteiger partial charge < -0.3 is 4.74 Å². The number of aromatic nitrogens is 1. The van der Waals surface area contributed by atoms with Crippen molar-refractivity contribution in [1.82, 2.24) is 20.1 Å². The van der Waals surface area contributed by atoms with Crippen molar-refractivity contribution in [2.24, 2.45) is 0 Å². The molecular formula is C21H22N4O5S2. The third-order valence-electron chi connectivity index (χ3n) is 4.49. The number of carbonyl (C=O) groups is 2. The third-order valence-corrected chi connectivity index (χ3v) is 7.18. The van der Waals surface area contributed by atoms with Crippen LogP contribution >= 0.6 is 11.3 Å². The highest BCUT2D eigenvalue weighted by Crippen LogP contribution is 2.31. The summed E-state index contributed by atoms with van der Waals surface area (Å²) in [7, 11) is -1.00. The van der Waals surface area contributed by atoms with Gasteiger partial charge in [0.2, 0.25) is 10.0 Å². The van der Waals surface area contributed by atoms with Gasteiger partial charge in [-0.25, -0.2) is 13.4 Å². The summed E-state index contributed by atoms with van der Waals surface area (Å²) in [6, 6.07) is 13.6. The highest BCUT2D eigenvalue weighted by Gasteiger charge is 2.23. The Morgan fingerprint density at radius 3 is 2.47 bits per heavy atom. The Balaban J connectivity index is 1.59. The molecule has 32 heavy (non-hydrogen) atoms. The number of para-hydroxylation sites is 1. The summed E-state index contributed by atoms with van der Waals surface area (Å²) in [4.78, 5) is 28.9. The van der Waals surface area contributed by atoms with E-state index in [0.717, 1.165) is 15.4 Å². The first-order valence-electron chi connectivity index (χ1n) is 9.43. The quantitative estimate of drug-likeness (QED) is 0.507. The Hall–Kier alpha value is -3.28. The molecule has 0 aliphatic rings. The summed E-state index contributed by atoms with van der Waals surface area (Å²) in [6.07, 6.45) is 0. The highest BCUT2D eigenvalue weighted by molar-refractivity contribution is 7.89. The van der Waals surface area contributed by atoms with Crippen LogP contribution in [0.25, 0.3) is 10.6 Å². The van der Waals surface area contributed by atoms with Gasteiger partial charge in [0, 0.05) is 12.4 Å². The lowest BCUT2D eigenvalue weighted by molar-refractivity contribution is -0.121. The van der Waals surface area contributed by atoms with Crippen LogP contribution in [-0.4, -0.2) is 50.2 Å². The van der Waals surface area contributed by atoms with Gasteiger partial charge in [0.05, 0.1) is 24.1 Å². The van der Waals surface area contributed by atoms with Gasteiger partial charge in [-0.2, -0.15) is 4.31 Å². The van der Waals surface area contributed by atoms with Crippen molar-refractivity contribution >= 4 is 33.2 Å². The largest absolute Gasteiger partial charge is 0.496 e. The van der Waals surface area contributed by atoms with E-state index in [1.165, 1.54) is 30.5 Å². The SMILES string of the molecule is COc1ccccc1-c1nc(C(=O)NNC(=O)CN(C)S(=O)(=O)c2ccc(C)cc2)cs1. The average Bonchev–Trinajstić information content (AvgIpc) is 3.28. The molecule has 0 saturated carbocycles. The Bertz CT molecular complexity index is 1220. The fourth-order valence-corrected chi connectivity index (χ4v) is 4.69. The summed E-state index contributed by atoms with van der Waals surface area (Å²) >= 11 is 1.26. The Morgan fingerprint density at radius 1 is 1.09 bits per heavy atom. The number of ether oxygens (including phenoxy) is 1. The number of sulfonamides is 1. The number of nitrogens with zero attached hydrogens (tertiary/aromatic N) is 2. The van der Waals surface area contributed by atoms with Crippen LogP contribution in [-0.2, 0) is 14.8 Å². The van der Waals surface area contributed by atoms with Crippen LogP contribution in [0.3, 0.4) is 0 Å². The molecule has 9 nitrogen and oxygen atoms in total. The van der Waals surface area contributed by atoms with Crippen molar-refractivity contribution in [2.75, 3.05) is 20.7 Å². The molecule has 11 heteroatoms. The molecule has 2 N–H and O–H groups in total. The van der Waals surface area contributed by atoms with Gasteiger partial charge in [0.1, 0.15) is 16.5 Å². The maximum absolute atomic E-state index is 12.6. The monoisotopic (exact) mass is 474 g/mol. The smallest absolute Gasteiger partial charge is 0.289 e. The van der Waals surface area contributed by atoms with Crippen LogP contribution in [0.2, 0.25) is 0 Å². The number of methoxy groups -OCH3 is 1. The number of likely N-dealkylation sites (N-methyl/N-ethyl adjacent to an activating group) is 1. The molecule has 0 spiro atoms. The van der Waals surface area contributed by atoms with E-state index in [0.29, 0.717) is 10.8 Å². The van der Waals surface area contributed by atoms with Crippen molar-refractivity contribution in [3.05, 3.63) is 65.2 Å². The van der Waals surface area contributed by atoms with Crippen molar-refractivity contribution in [2.45, 2.75) is 11.8 Å². The maximum atomic E-state index is 12.6. The lowest BCUT2D eigenvalue weighted by Crippen LogP contribution is -2.46. The third kappa shape index (κ3) is 5.31. The Labute approximate surface area is 190 Å². The number of aryl methyl sites for hydroxylation is 1. The molecule has 3 rings (SSSR count). The van der Waals surface area contributed by atoms with E-state index in [9.17, 15) is 18.0 Å². The number of amides is 2. The van der Waals surface area contributed by atoms with Crippen LogP contribution in [0.1, 0.15) is 16.1 Å². The molecule has 0 fully saturated rings. The number of thiazole rings is 1. The minimum absolute atomic E-state index is 0.0776. The minimum Gasteiger partial charge on any atom is -0.496 e. The molecule has 0 aliphatic heterocycles. The predicted octanol–water partition coefficient (Wildman–Crippen LogP) is 2.21. The van der Waals surface area contributed by atoms with E-state index in [2.05, 4.69) is 15.8 Å². The molecule has 0 radical (unpaired) electrons. The predicted molar refractivity (Wildman–Crippen MR) is 121 cm³/mol. The normalized spacial score (nSPS) is 11.2. The second-order valence-electron chi connectivity index (χ2n) is 6.81. The van der Waals surface area contributed by atoms with Crippen LogP contribution < -0.4 is 15.6 Å². The zero-order valence-corrected chi connectivity index (χ0v) is 19.3. The molecule has 0 bridgehead atoms. The van der Waals surface area contributed by atoms with E-state index in [4.69, 9.17) is 4.74 Å². The van der Waals surface area contributed by atoms with Crippen LogP contribution in [0.15, 0.2) is 58.8 Å². The first-order valence-corrected chi connectivity index (χ1v) is 11.8. The molecule has 0 atom stereocenters. The van der Waals surface area contributed by atoms with Crippen molar-refractivity contribution in [3.8, 4) is 16.3 Å². The average molecular weight is 475 g/mol. The Kier molecular flexibility index (Phi) is 7.23. The van der Waals surface area contributed by atoms with Gasteiger partial charge in [-0.15, -0.1) is 11.3 Å². The van der Waals surface area contributed by atoms with E-state index >= 15 is 0 Å². The van der Waals surface area contributed by atoms with Crippen LogP contribution in [0.5, 0.6) is 5.75 Å². The number of hydrazine groups is 1. The van der Waals surface area contributed by atoms with Gasteiger partial charge in [-0.1, -0.05) is 29.8 Å². The number of rotatable bonds is 7. The van der Waals surface area contributed by atoms with Crippen LogP contribution in [0, 0.1) is 6.92 Å². The summed E-state index contributed by atoms with van der Waals surface area (Å²) in [5, 5.41) is 2.14. The topological polar surface area (TPSA) is 118 Å². The summed E-state index contributed by atoms with van der Waals surface area (Å²) < 4.78 is 31.3. The molecule has 1 aromatic heterocycles. The second kappa shape index (κ2) is 9.90. The van der Waals surface area contributed by atoms with E-state index in [1.54, 1.807) is 30.7 Å². The van der Waals surface area contributed by atoms with Gasteiger partial charge in [0.15, 0.2) is 0 Å². The lowest BCUT2D eigenvalue weighted by atomic mass is 10.2. The number of benzene rings is 2. The fraction of sp³-hybridized carbons (Fsp3) is 0.190. The maximum Gasteiger partial charge on any atom is 0.289 e. The van der Waals surface area contributed by atoms with E-state index in [-0.39, 0.29) is 10.6 Å². The summed E-state index contributed by atoms with van der Waals surface area (Å²) in [6.45, 7) is 1.37. The van der Waals surface area contributed by atoms with E-state index in [1.807, 2.05) is 25.1 Å². The van der Waals surface area contributed by atoms with Gasteiger partial charge in [-0.3, -0.25) is 20.4 Å². The Morgan fingerprint density at radius 2 is 1.78 bits per heavy atom. The lowest BCUT2D eigenvalue weighted by Gasteiger charge is -2.17. The molecule has 2 aromatic carbocycles. The molecule has 1 heterocycles. The van der Waals surface area contributed by atoms with Crippen molar-refractivity contribution in [1.29, 1.82) is 0 Å². The molecule has 3 aromatic rings. The summed E-state index contributed by atoms with van der Waals surface area (Å²) in [5.74, 6) is -0.698. The van der Waals surface area contributed by atoms with Gasteiger partial charge in [0.25, 0.3) is 11.8 Å². The zero-order chi connectivity index (χ0) is 23.3. The fourth-order valence-electron chi connectivity index (χ4n) is 2.73. The van der Waals surface area contributed by atoms with Gasteiger partial charge >= 0.3 is 0 Å². The van der Waals surface area contributed by atoms with E-state index < -0.39 is 28.4 Å². The molecule has 0 saturated heterocycles. The van der Waals surface area contributed by atoms with Crippen molar-refractivity contribution in [3.63, 3.8) is 0 Å². The van der Waals surface area contributed by atoms with Crippen molar-refractivity contribution < 1.29 is 22.7 Å². The summed E-state index contributed by atoms with van der Waals surface area (Å²) in [5.41, 5.74) is 6.23. The molecule has 0 unspecified atom stereocenters. The molecule has 0 aliphatic carbocycles. The zero-order valence-electron chi connectivity index (χ0n) is 17.7. The number of hydrogen-bond donors (Lipinski definition) is 2. The number of nitrogens with one attached hydrogen (secondary N) is 2. The standard InChI is InChI=1S/C21H22N4O5S2/c1-14-8-10-15(11-9-14)32(28,29)25(2)12-19(26)23-24-20(27)17-13-31-21(22-17)16-6-4-5-7-18(16)30-3/h4-11,13H,12H2,1-3H3,(H,23,26)(H,24,27). The van der Waals surface area contributed by atoms with Gasteiger partial charge in [-0.05, 0) is 31.2 Å². The first-order chi connectivity index (χ1) is 15.2. The number of hydrogen-bond acceptors (Lipinski definition) is 7. The second-order valence-corrected chi connectivity index (χ2v) is 9.72. The molecule has 168 valence electrons. The first kappa shape index (κ1) is 23.4. The minimum atomic E-state index is -3.84. The highest BCUT2D eigenvalue weighted by atomic mass is 32.2. The molecular weight excluding hydrogens is 452 g/mol. The van der Waals surface area contributed by atoms with Crippen LogP contribution in [0.4, 0.5) is 0 Å². The molecule has 2 amide bonds.